The van der Waals surface area contributed by atoms with Gasteiger partial charge in [0, 0.05) is 31.9 Å². The minimum absolute atomic E-state index is 0.175. The molecule has 2 unspecified atom stereocenters. The monoisotopic (exact) mass is 783 g/mol. The molecule has 3 aromatic carbocycles. The van der Waals surface area contributed by atoms with Gasteiger partial charge in [-0.2, -0.15) is 0 Å². The molecule has 306 valence electrons. The minimum atomic E-state index is -1.31. The summed E-state index contributed by atoms with van der Waals surface area (Å²) in [6.07, 6.45) is 1.20. The third-order valence-corrected chi connectivity index (χ3v) is 10.1. The van der Waals surface area contributed by atoms with E-state index >= 15 is 0 Å². The van der Waals surface area contributed by atoms with Gasteiger partial charge in [-0.3, -0.25) is 24.5 Å². The first-order valence-electron chi connectivity index (χ1n) is 19.9. The van der Waals surface area contributed by atoms with Crippen molar-refractivity contribution in [1.82, 2.24) is 20.9 Å². The predicted octanol–water partition coefficient (Wildman–Crippen LogP) is 5.75. The van der Waals surface area contributed by atoms with E-state index in [1.165, 1.54) is 0 Å². The topological polar surface area (TPSA) is 164 Å². The van der Waals surface area contributed by atoms with Gasteiger partial charge in [-0.25, -0.2) is 4.79 Å². The number of benzene rings is 3. The molecular formula is C44H57N5O8. The van der Waals surface area contributed by atoms with Crippen LogP contribution in [0.2, 0.25) is 0 Å². The molecule has 0 spiro atoms. The standard InChI is InChI=1S/C44H57N5O8/c1-6-55-39(32-16-18-34(19-17-32)46-43(54)57-44(3,4)5)42(53)48-37-26-38(50)49-23-10-13-31(28-49)22-24-56-35-20-14-29(2)33(25-35)27-45-40(51)36(47-41(37)52)21-15-30-11-8-7-9-12-30/h7-9,11-12,14,16-20,25,31,36-37,39H,6,10,13,15,21-24,26-28H2,1-5H3,(H,45,51)(H,46,54)(H,47,52)(H,48,53)/t31?,36-,37-,39?/m0/s1. The lowest BCUT2D eigenvalue weighted by Crippen LogP contribution is -2.56. The van der Waals surface area contributed by atoms with Crippen LogP contribution in [0.4, 0.5) is 10.5 Å². The number of aryl methyl sites for hydroxylation is 2. The lowest BCUT2D eigenvalue weighted by atomic mass is 9.94. The molecule has 0 aliphatic carbocycles. The van der Waals surface area contributed by atoms with E-state index in [9.17, 15) is 24.0 Å². The highest BCUT2D eigenvalue weighted by Crippen LogP contribution is 2.25. The predicted molar refractivity (Wildman–Crippen MR) is 216 cm³/mol. The van der Waals surface area contributed by atoms with Gasteiger partial charge >= 0.3 is 6.09 Å². The fraction of sp³-hybridized carbons (Fsp3) is 0.477. The summed E-state index contributed by atoms with van der Waals surface area (Å²) < 4.78 is 17.4. The van der Waals surface area contributed by atoms with Crippen molar-refractivity contribution in [1.29, 1.82) is 0 Å². The van der Waals surface area contributed by atoms with Crippen molar-refractivity contribution in [2.75, 3.05) is 31.6 Å². The molecule has 4 bridgehead atoms. The molecule has 2 heterocycles. The largest absolute Gasteiger partial charge is 0.494 e. The average Bonchev–Trinajstić information content (AvgIpc) is 3.18. The first kappa shape index (κ1) is 42.7. The zero-order chi connectivity index (χ0) is 41.0. The van der Waals surface area contributed by atoms with Crippen molar-refractivity contribution < 1.29 is 38.2 Å². The van der Waals surface area contributed by atoms with Crippen LogP contribution in [0.15, 0.2) is 72.8 Å². The number of hydrogen-bond donors (Lipinski definition) is 4. The van der Waals surface area contributed by atoms with E-state index in [4.69, 9.17) is 14.2 Å². The minimum Gasteiger partial charge on any atom is -0.494 e. The Bertz CT molecular complexity index is 1850. The van der Waals surface area contributed by atoms with Crippen molar-refractivity contribution in [3.05, 3.63) is 95.1 Å². The summed E-state index contributed by atoms with van der Waals surface area (Å²) in [7, 11) is 0. The maximum Gasteiger partial charge on any atom is 0.412 e. The summed E-state index contributed by atoms with van der Waals surface area (Å²) in [6.45, 7) is 10.9. The smallest absolute Gasteiger partial charge is 0.412 e. The van der Waals surface area contributed by atoms with E-state index in [1.807, 2.05) is 55.5 Å². The summed E-state index contributed by atoms with van der Waals surface area (Å²) >= 11 is 0. The molecule has 13 nitrogen and oxygen atoms in total. The SMILES string of the molecule is CCOC(C(=O)N[C@H]1CC(=O)N2CCCC(CCOc3ccc(C)c(c3)CNC(=O)[C@H](CCc3ccccc3)NC1=O)C2)c1ccc(NC(=O)OC(C)(C)C)cc1. The number of carbonyl (C=O) groups is 5. The average molecular weight is 784 g/mol. The second-order valence-corrected chi connectivity index (χ2v) is 15.7. The molecule has 5 amide bonds. The fourth-order valence-corrected chi connectivity index (χ4v) is 7.01. The van der Waals surface area contributed by atoms with Crippen LogP contribution < -0.4 is 26.0 Å². The van der Waals surface area contributed by atoms with E-state index in [0.717, 1.165) is 36.0 Å². The molecule has 4 atom stereocenters. The second kappa shape index (κ2) is 20.1. The van der Waals surface area contributed by atoms with Gasteiger partial charge in [0.2, 0.25) is 17.7 Å². The number of anilines is 1. The summed E-state index contributed by atoms with van der Waals surface area (Å²) in [5.41, 5.74) is 3.12. The lowest BCUT2D eigenvalue weighted by Gasteiger charge is -2.34. The van der Waals surface area contributed by atoms with Crippen LogP contribution in [0.3, 0.4) is 0 Å². The second-order valence-electron chi connectivity index (χ2n) is 15.7. The quantitative estimate of drug-likeness (QED) is 0.213. The summed E-state index contributed by atoms with van der Waals surface area (Å²) in [6, 6.07) is 19.7. The Morgan fingerprint density at radius 1 is 0.982 bits per heavy atom. The number of rotatable bonds is 9. The van der Waals surface area contributed by atoms with Gasteiger partial charge in [-0.15, -0.1) is 0 Å². The molecule has 2 aliphatic heterocycles. The van der Waals surface area contributed by atoms with E-state index < -0.39 is 47.6 Å². The third kappa shape index (κ3) is 13.1. The van der Waals surface area contributed by atoms with Crippen molar-refractivity contribution in [3.63, 3.8) is 0 Å². The molecule has 3 aromatic rings. The van der Waals surface area contributed by atoms with E-state index in [1.54, 1.807) is 56.9 Å². The summed E-state index contributed by atoms with van der Waals surface area (Å²) in [5, 5.41) is 11.4. The van der Waals surface area contributed by atoms with Crippen LogP contribution in [0.1, 0.15) is 88.2 Å². The first-order chi connectivity index (χ1) is 27.3. The maximum absolute atomic E-state index is 14.3. The van der Waals surface area contributed by atoms with Gasteiger partial charge in [0.15, 0.2) is 6.10 Å². The van der Waals surface area contributed by atoms with Gasteiger partial charge < -0.3 is 35.1 Å². The van der Waals surface area contributed by atoms with Crippen molar-refractivity contribution >= 4 is 35.4 Å². The van der Waals surface area contributed by atoms with E-state index in [-0.39, 0.29) is 37.8 Å². The van der Waals surface area contributed by atoms with Gasteiger partial charge in [0.05, 0.1) is 13.0 Å². The zero-order valence-corrected chi connectivity index (χ0v) is 33.7. The Balaban J connectivity index is 1.40. The highest BCUT2D eigenvalue weighted by Gasteiger charge is 2.34. The number of amides is 5. The Morgan fingerprint density at radius 3 is 2.46 bits per heavy atom. The zero-order valence-electron chi connectivity index (χ0n) is 33.7. The van der Waals surface area contributed by atoms with Gasteiger partial charge in [-0.1, -0.05) is 48.5 Å². The Morgan fingerprint density at radius 2 is 1.74 bits per heavy atom. The van der Waals surface area contributed by atoms with Crippen LogP contribution in [0.25, 0.3) is 0 Å². The van der Waals surface area contributed by atoms with Crippen LogP contribution in [-0.4, -0.2) is 78.6 Å². The molecule has 1 fully saturated rings. The molecule has 2 aliphatic rings. The normalized spacial score (nSPS) is 20.1. The van der Waals surface area contributed by atoms with Gasteiger partial charge in [0.1, 0.15) is 23.4 Å². The number of carbonyl (C=O) groups excluding carboxylic acids is 5. The molecule has 13 heteroatoms. The van der Waals surface area contributed by atoms with E-state index in [0.29, 0.717) is 43.1 Å². The molecule has 4 N–H and O–H groups in total. The molecule has 57 heavy (non-hydrogen) atoms. The fourth-order valence-electron chi connectivity index (χ4n) is 7.01. The van der Waals surface area contributed by atoms with Crippen LogP contribution in [0.5, 0.6) is 5.75 Å². The number of fused-ring (bicyclic) bond motifs is 4. The number of hydrogen-bond acceptors (Lipinski definition) is 8. The Hall–Kier alpha value is -5.43. The Labute approximate surface area is 335 Å². The first-order valence-corrected chi connectivity index (χ1v) is 19.9. The lowest BCUT2D eigenvalue weighted by molar-refractivity contribution is -0.141. The van der Waals surface area contributed by atoms with Gasteiger partial charge in [0.25, 0.3) is 5.91 Å². The summed E-state index contributed by atoms with van der Waals surface area (Å²) in [4.78, 5) is 70.3. The molecule has 5 rings (SSSR count). The van der Waals surface area contributed by atoms with Crippen LogP contribution in [0, 0.1) is 12.8 Å². The van der Waals surface area contributed by atoms with Crippen molar-refractivity contribution in [2.24, 2.45) is 5.92 Å². The maximum atomic E-state index is 14.3. The van der Waals surface area contributed by atoms with Crippen molar-refractivity contribution in [3.8, 4) is 5.75 Å². The Kier molecular flexibility index (Phi) is 15.1. The van der Waals surface area contributed by atoms with Crippen LogP contribution >= 0.6 is 0 Å². The highest BCUT2D eigenvalue weighted by atomic mass is 16.6. The summed E-state index contributed by atoms with van der Waals surface area (Å²) in [5.74, 6) is -1.03. The number of ether oxygens (including phenoxy) is 3. The molecule has 0 radical (unpaired) electrons. The number of piperidine rings is 1. The highest BCUT2D eigenvalue weighted by molar-refractivity contribution is 5.96. The molecular weight excluding hydrogens is 727 g/mol. The molecule has 0 saturated carbocycles. The van der Waals surface area contributed by atoms with Crippen LogP contribution in [-0.2, 0) is 41.6 Å². The van der Waals surface area contributed by atoms with Crippen molar-refractivity contribution in [2.45, 2.75) is 103 Å². The van der Waals surface area contributed by atoms with E-state index in [2.05, 4.69) is 21.3 Å². The molecule has 1 saturated heterocycles. The number of nitrogens with one attached hydrogen (secondary N) is 4. The molecule has 0 aromatic heterocycles. The third-order valence-electron chi connectivity index (χ3n) is 10.1. The van der Waals surface area contributed by atoms with Gasteiger partial charge in [-0.05, 0) is 119 Å². The number of nitrogens with zero attached hydrogens (tertiary/aromatic N) is 1.